The standard InChI is InChI=1S/C20H29ClN6OS/c1-3-22-20(25-14-16(28)17-5-6-18(21)29-17)24-13-15-4-7-19(23-12-15)27-10-8-26(2)9-11-27/h4-7,12,16,28H,3,8-11,13-14H2,1-2H3,(H2,22,24,25). The van der Waals surface area contributed by atoms with E-state index in [0.29, 0.717) is 23.4 Å². The molecule has 1 aliphatic heterocycles. The van der Waals surface area contributed by atoms with Crippen molar-refractivity contribution in [1.82, 2.24) is 20.5 Å². The van der Waals surface area contributed by atoms with Gasteiger partial charge in [-0.2, -0.15) is 0 Å². The van der Waals surface area contributed by atoms with Gasteiger partial charge in [0.2, 0.25) is 0 Å². The van der Waals surface area contributed by atoms with E-state index in [1.165, 1.54) is 11.3 Å². The van der Waals surface area contributed by atoms with Crippen LogP contribution in [0.2, 0.25) is 4.34 Å². The predicted molar refractivity (Wildman–Crippen MR) is 121 cm³/mol. The summed E-state index contributed by atoms with van der Waals surface area (Å²) < 4.78 is 0.673. The van der Waals surface area contributed by atoms with Crippen LogP contribution in [0.4, 0.5) is 5.82 Å². The van der Waals surface area contributed by atoms with Gasteiger partial charge in [0.25, 0.3) is 0 Å². The predicted octanol–water partition coefficient (Wildman–Crippen LogP) is 2.34. The molecule has 1 fully saturated rings. The zero-order chi connectivity index (χ0) is 20.6. The van der Waals surface area contributed by atoms with Crippen LogP contribution in [0.25, 0.3) is 0 Å². The molecule has 0 radical (unpaired) electrons. The number of piperazine rings is 1. The first-order valence-electron chi connectivity index (χ1n) is 9.89. The molecule has 3 N–H and O–H groups in total. The summed E-state index contributed by atoms with van der Waals surface area (Å²) in [5.41, 5.74) is 1.05. The molecular weight excluding hydrogens is 408 g/mol. The Kier molecular flexibility index (Phi) is 8.11. The number of pyridine rings is 1. The Morgan fingerprint density at radius 3 is 2.66 bits per heavy atom. The van der Waals surface area contributed by atoms with Gasteiger partial charge in [0.05, 0.1) is 10.9 Å². The number of hydrogen-bond acceptors (Lipinski definition) is 6. The van der Waals surface area contributed by atoms with E-state index in [0.717, 1.165) is 49.0 Å². The van der Waals surface area contributed by atoms with Gasteiger partial charge in [0.15, 0.2) is 5.96 Å². The van der Waals surface area contributed by atoms with Crippen molar-refractivity contribution in [1.29, 1.82) is 0 Å². The number of nitrogens with one attached hydrogen (secondary N) is 2. The summed E-state index contributed by atoms with van der Waals surface area (Å²) in [6.45, 7) is 7.78. The number of aliphatic imine (C=N–C) groups is 1. The Balaban J connectivity index is 1.53. The monoisotopic (exact) mass is 436 g/mol. The van der Waals surface area contributed by atoms with Gasteiger partial charge in [0.1, 0.15) is 11.9 Å². The number of likely N-dealkylation sites (N-methyl/N-ethyl adjacent to an activating group) is 1. The lowest BCUT2D eigenvalue weighted by Crippen LogP contribution is -2.44. The number of thiophene rings is 1. The summed E-state index contributed by atoms with van der Waals surface area (Å²) in [5.74, 6) is 1.69. The van der Waals surface area contributed by atoms with Crippen LogP contribution in [0, 0.1) is 0 Å². The average Bonchev–Trinajstić information content (AvgIpc) is 3.17. The number of hydrogen-bond donors (Lipinski definition) is 3. The van der Waals surface area contributed by atoms with Crippen molar-refractivity contribution in [3.8, 4) is 0 Å². The van der Waals surface area contributed by atoms with Gasteiger partial charge in [-0.05, 0) is 37.7 Å². The van der Waals surface area contributed by atoms with E-state index in [2.05, 4.69) is 49.6 Å². The first-order valence-corrected chi connectivity index (χ1v) is 11.1. The molecule has 1 aliphatic rings. The first-order chi connectivity index (χ1) is 14.0. The summed E-state index contributed by atoms with van der Waals surface area (Å²) in [6.07, 6.45) is 1.27. The van der Waals surface area contributed by atoms with Crippen molar-refractivity contribution in [3.05, 3.63) is 45.2 Å². The number of aromatic nitrogens is 1. The minimum Gasteiger partial charge on any atom is -0.386 e. The number of aliphatic hydroxyl groups excluding tert-OH is 1. The quantitative estimate of drug-likeness (QED) is 0.457. The molecule has 0 aliphatic carbocycles. The lowest BCUT2D eigenvalue weighted by atomic mass is 10.2. The third-order valence-electron chi connectivity index (χ3n) is 4.79. The third-order valence-corrected chi connectivity index (χ3v) is 6.12. The molecule has 0 bridgehead atoms. The van der Waals surface area contributed by atoms with Crippen molar-refractivity contribution in [3.63, 3.8) is 0 Å². The summed E-state index contributed by atoms with van der Waals surface area (Å²) in [5, 5.41) is 16.7. The second-order valence-corrected chi connectivity index (χ2v) is 8.80. The molecule has 2 aromatic heterocycles. The van der Waals surface area contributed by atoms with E-state index in [-0.39, 0.29) is 0 Å². The van der Waals surface area contributed by atoms with Crippen molar-refractivity contribution in [2.24, 2.45) is 4.99 Å². The molecular formula is C20H29ClN6OS. The van der Waals surface area contributed by atoms with Gasteiger partial charge in [-0.3, -0.25) is 0 Å². The number of guanidine groups is 1. The van der Waals surface area contributed by atoms with Crippen molar-refractivity contribution >= 4 is 34.7 Å². The molecule has 1 saturated heterocycles. The summed E-state index contributed by atoms with van der Waals surface area (Å²) in [6, 6.07) is 7.79. The fraction of sp³-hybridized carbons (Fsp3) is 0.500. The zero-order valence-electron chi connectivity index (χ0n) is 16.9. The zero-order valence-corrected chi connectivity index (χ0v) is 18.5. The van der Waals surface area contributed by atoms with Gasteiger partial charge >= 0.3 is 0 Å². The lowest BCUT2D eigenvalue weighted by Gasteiger charge is -2.33. The molecule has 1 unspecified atom stereocenters. The summed E-state index contributed by atoms with van der Waals surface area (Å²) in [7, 11) is 2.15. The SMILES string of the molecule is CCNC(=NCc1ccc(N2CCN(C)CC2)nc1)NCC(O)c1ccc(Cl)s1. The van der Waals surface area contributed by atoms with Crippen molar-refractivity contribution in [2.75, 3.05) is 51.2 Å². The van der Waals surface area contributed by atoms with E-state index in [1.54, 1.807) is 6.07 Å². The van der Waals surface area contributed by atoms with E-state index >= 15 is 0 Å². The largest absolute Gasteiger partial charge is 0.386 e. The molecule has 29 heavy (non-hydrogen) atoms. The molecule has 0 spiro atoms. The van der Waals surface area contributed by atoms with Gasteiger partial charge < -0.3 is 25.5 Å². The van der Waals surface area contributed by atoms with Crippen LogP contribution in [-0.4, -0.2) is 67.3 Å². The summed E-state index contributed by atoms with van der Waals surface area (Å²) >= 11 is 7.33. The molecule has 7 nitrogen and oxygen atoms in total. The van der Waals surface area contributed by atoms with Crippen LogP contribution in [0.5, 0.6) is 0 Å². The lowest BCUT2D eigenvalue weighted by molar-refractivity contribution is 0.184. The fourth-order valence-corrected chi connectivity index (χ4v) is 4.09. The van der Waals surface area contributed by atoms with Crippen LogP contribution in [0.3, 0.4) is 0 Å². The topological polar surface area (TPSA) is 76.0 Å². The molecule has 158 valence electrons. The Hall–Kier alpha value is -1.87. The highest BCUT2D eigenvalue weighted by atomic mass is 35.5. The third kappa shape index (κ3) is 6.57. The molecule has 3 rings (SSSR count). The van der Waals surface area contributed by atoms with Crippen LogP contribution >= 0.6 is 22.9 Å². The van der Waals surface area contributed by atoms with Crippen LogP contribution in [0.15, 0.2) is 35.5 Å². The fourth-order valence-electron chi connectivity index (χ4n) is 3.05. The number of rotatable bonds is 7. The van der Waals surface area contributed by atoms with E-state index in [4.69, 9.17) is 11.6 Å². The maximum absolute atomic E-state index is 10.3. The molecule has 1 atom stereocenters. The first kappa shape index (κ1) is 21.8. The van der Waals surface area contributed by atoms with Crippen LogP contribution < -0.4 is 15.5 Å². The molecule has 0 amide bonds. The smallest absolute Gasteiger partial charge is 0.191 e. The molecule has 0 saturated carbocycles. The number of nitrogens with zero attached hydrogens (tertiary/aromatic N) is 4. The normalized spacial score (nSPS) is 16.7. The van der Waals surface area contributed by atoms with Gasteiger partial charge in [-0.15, -0.1) is 11.3 Å². The highest BCUT2D eigenvalue weighted by molar-refractivity contribution is 7.16. The maximum atomic E-state index is 10.3. The molecule has 0 aromatic carbocycles. The highest BCUT2D eigenvalue weighted by Crippen LogP contribution is 2.26. The Bertz CT molecular complexity index is 789. The van der Waals surface area contributed by atoms with E-state index < -0.39 is 6.10 Å². The number of halogens is 1. The Labute approximate surface area is 181 Å². The van der Waals surface area contributed by atoms with Crippen LogP contribution in [0.1, 0.15) is 23.5 Å². The second-order valence-electron chi connectivity index (χ2n) is 7.05. The van der Waals surface area contributed by atoms with E-state index in [9.17, 15) is 5.11 Å². The van der Waals surface area contributed by atoms with Gasteiger partial charge in [-0.1, -0.05) is 17.7 Å². The Morgan fingerprint density at radius 2 is 2.03 bits per heavy atom. The highest BCUT2D eigenvalue weighted by Gasteiger charge is 2.15. The maximum Gasteiger partial charge on any atom is 0.191 e. The Morgan fingerprint density at radius 1 is 1.24 bits per heavy atom. The molecule has 3 heterocycles. The second kappa shape index (κ2) is 10.8. The minimum atomic E-state index is -0.624. The van der Waals surface area contributed by atoms with Gasteiger partial charge in [0, 0.05) is 50.3 Å². The van der Waals surface area contributed by atoms with Crippen molar-refractivity contribution < 1.29 is 5.11 Å². The average molecular weight is 437 g/mol. The van der Waals surface area contributed by atoms with Crippen molar-refractivity contribution in [2.45, 2.75) is 19.6 Å². The number of aliphatic hydroxyl groups is 1. The van der Waals surface area contributed by atoms with E-state index in [1.807, 2.05) is 19.2 Å². The number of anilines is 1. The van der Waals surface area contributed by atoms with Crippen LogP contribution in [-0.2, 0) is 6.54 Å². The molecule has 2 aromatic rings. The van der Waals surface area contributed by atoms with Gasteiger partial charge in [-0.25, -0.2) is 9.98 Å². The minimum absolute atomic E-state index is 0.364. The summed E-state index contributed by atoms with van der Waals surface area (Å²) in [4.78, 5) is 14.7. The molecule has 9 heteroatoms.